The molecule has 2 atom stereocenters. The minimum absolute atomic E-state index is 0.0763. The van der Waals surface area contributed by atoms with E-state index < -0.39 is 10.0 Å². The zero-order chi connectivity index (χ0) is 17.6. The maximum atomic E-state index is 12.4. The van der Waals surface area contributed by atoms with Gasteiger partial charge in [-0.25, -0.2) is 8.42 Å². The van der Waals surface area contributed by atoms with Crippen LogP contribution in [0.1, 0.15) is 32.6 Å². The molecular formula is C15H27N3O3S2. The van der Waals surface area contributed by atoms with E-state index in [9.17, 15) is 13.2 Å². The third kappa shape index (κ3) is 5.27. The summed E-state index contributed by atoms with van der Waals surface area (Å²) in [6.07, 6.45) is 0.607. The Kier molecular flexibility index (Phi) is 7.66. The minimum Gasteiger partial charge on any atom is -0.355 e. The Morgan fingerprint density at radius 2 is 1.91 bits per heavy atom. The van der Waals surface area contributed by atoms with Crippen molar-refractivity contribution in [1.29, 1.82) is 0 Å². The summed E-state index contributed by atoms with van der Waals surface area (Å²) in [4.78, 5) is 12.8. The molecule has 0 saturated heterocycles. The van der Waals surface area contributed by atoms with Crippen molar-refractivity contribution in [2.45, 2.75) is 44.4 Å². The topological polar surface area (TPSA) is 92.5 Å². The first-order valence-electron chi connectivity index (χ1n) is 7.86. The monoisotopic (exact) mass is 361 g/mol. The van der Waals surface area contributed by atoms with E-state index in [0.717, 1.165) is 4.88 Å². The average Bonchev–Trinajstić information content (AvgIpc) is 2.96. The maximum Gasteiger partial charge on any atom is 0.252 e. The molecule has 0 saturated carbocycles. The fraction of sp³-hybridized carbons (Fsp3) is 0.667. The van der Waals surface area contributed by atoms with Crippen molar-refractivity contribution >= 4 is 27.3 Å². The molecule has 132 valence electrons. The normalized spacial score (nSPS) is 14.7. The molecule has 1 rings (SSSR count). The molecule has 3 N–H and O–H groups in total. The van der Waals surface area contributed by atoms with Gasteiger partial charge in [-0.3, -0.25) is 4.79 Å². The molecule has 0 bridgehead atoms. The zero-order valence-corrected chi connectivity index (χ0v) is 15.8. The van der Waals surface area contributed by atoms with E-state index in [1.165, 1.54) is 15.6 Å². The van der Waals surface area contributed by atoms with Crippen LogP contribution in [0.2, 0.25) is 0 Å². The van der Waals surface area contributed by atoms with Gasteiger partial charge in [0, 0.05) is 36.5 Å². The summed E-state index contributed by atoms with van der Waals surface area (Å²) in [6.45, 7) is 8.62. The molecule has 0 aliphatic heterocycles. The minimum atomic E-state index is -3.40. The summed E-state index contributed by atoms with van der Waals surface area (Å²) in [6, 6.07) is 3.25. The van der Waals surface area contributed by atoms with E-state index in [4.69, 9.17) is 5.73 Å². The second kappa shape index (κ2) is 8.77. The highest BCUT2D eigenvalue weighted by Gasteiger charge is 2.23. The standard InChI is InChI=1S/C15H27N3O3S2/c1-5-18(6-2)23(20,21)14-8-7-13(22-14)9-10-17-15(19)11(3)12(4)16/h7-8,11-12H,5-6,9-10,16H2,1-4H3,(H,17,19). The van der Waals surface area contributed by atoms with E-state index in [0.29, 0.717) is 30.3 Å². The number of rotatable bonds is 9. The Hall–Kier alpha value is -0.960. The molecule has 1 amide bonds. The van der Waals surface area contributed by atoms with Crippen molar-refractivity contribution in [3.8, 4) is 0 Å². The first-order valence-corrected chi connectivity index (χ1v) is 10.1. The molecule has 6 nitrogen and oxygen atoms in total. The lowest BCUT2D eigenvalue weighted by molar-refractivity contribution is -0.124. The van der Waals surface area contributed by atoms with Crippen molar-refractivity contribution in [3.63, 3.8) is 0 Å². The van der Waals surface area contributed by atoms with Crippen LogP contribution in [0.4, 0.5) is 0 Å². The number of hydrogen-bond acceptors (Lipinski definition) is 5. The van der Waals surface area contributed by atoms with Gasteiger partial charge in [0.1, 0.15) is 4.21 Å². The summed E-state index contributed by atoms with van der Waals surface area (Å²) < 4.78 is 26.6. The highest BCUT2D eigenvalue weighted by Crippen LogP contribution is 2.25. The van der Waals surface area contributed by atoms with Gasteiger partial charge in [0.2, 0.25) is 5.91 Å². The van der Waals surface area contributed by atoms with Crippen molar-refractivity contribution in [2.75, 3.05) is 19.6 Å². The summed E-state index contributed by atoms with van der Waals surface area (Å²) in [5.74, 6) is -0.315. The summed E-state index contributed by atoms with van der Waals surface area (Å²) in [5.41, 5.74) is 5.70. The first kappa shape index (κ1) is 20.1. The van der Waals surface area contributed by atoms with Crippen LogP contribution in [0, 0.1) is 5.92 Å². The van der Waals surface area contributed by atoms with Crippen LogP contribution in [-0.2, 0) is 21.2 Å². The Bertz CT molecular complexity index is 607. The van der Waals surface area contributed by atoms with E-state index >= 15 is 0 Å². The van der Waals surface area contributed by atoms with E-state index in [-0.39, 0.29) is 17.9 Å². The van der Waals surface area contributed by atoms with Crippen molar-refractivity contribution < 1.29 is 13.2 Å². The Morgan fingerprint density at radius 3 is 2.43 bits per heavy atom. The number of nitrogens with one attached hydrogen (secondary N) is 1. The van der Waals surface area contributed by atoms with Crippen LogP contribution in [0.5, 0.6) is 0 Å². The second-order valence-electron chi connectivity index (χ2n) is 5.50. The predicted octanol–water partition coefficient (Wildman–Crippen LogP) is 1.42. The average molecular weight is 362 g/mol. The summed E-state index contributed by atoms with van der Waals surface area (Å²) in [5, 5.41) is 2.83. The molecule has 1 heterocycles. The SMILES string of the molecule is CCN(CC)S(=O)(=O)c1ccc(CCNC(=O)C(C)C(C)N)s1. The Balaban J connectivity index is 2.63. The number of carbonyl (C=O) groups excluding carboxylic acids is 1. The highest BCUT2D eigenvalue weighted by molar-refractivity contribution is 7.91. The fourth-order valence-corrected chi connectivity index (χ4v) is 5.00. The largest absolute Gasteiger partial charge is 0.355 e. The Morgan fingerprint density at radius 1 is 1.30 bits per heavy atom. The lowest BCUT2D eigenvalue weighted by Crippen LogP contribution is -2.39. The molecule has 23 heavy (non-hydrogen) atoms. The summed E-state index contributed by atoms with van der Waals surface area (Å²) >= 11 is 1.26. The van der Waals surface area contributed by atoms with Crippen LogP contribution in [0.15, 0.2) is 16.3 Å². The number of nitrogens with two attached hydrogens (primary N) is 1. The smallest absolute Gasteiger partial charge is 0.252 e. The summed E-state index contributed by atoms with van der Waals surface area (Å²) in [7, 11) is -3.40. The van der Waals surface area contributed by atoms with Gasteiger partial charge < -0.3 is 11.1 Å². The van der Waals surface area contributed by atoms with Gasteiger partial charge in [0.25, 0.3) is 10.0 Å². The molecule has 0 aliphatic carbocycles. The molecule has 0 fully saturated rings. The molecule has 0 radical (unpaired) electrons. The van der Waals surface area contributed by atoms with Crippen molar-refractivity contribution in [1.82, 2.24) is 9.62 Å². The lowest BCUT2D eigenvalue weighted by Gasteiger charge is -2.16. The van der Waals surface area contributed by atoms with Gasteiger partial charge in [-0.05, 0) is 25.5 Å². The van der Waals surface area contributed by atoms with Gasteiger partial charge in [-0.1, -0.05) is 20.8 Å². The molecule has 1 aromatic rings. The van der Waals surface area contributed by atoms with Gasteiger partial charge in [-0.2, -0.15) is 4.31 Å². The number of amides is 1. The maximum absolute atomic E-state index is 12.4. The van der Waals surface area contributed by atoms with Crippen LogP contribution >= 0.6 is 11.3 Å². The first-order chi connectivity index (χ1) is 10.7. The van der Waals surface area contributed by atoms with E-state index in [1.807, 2.05) is 19.9 Å². The van der Waals surface area contributed by atoms with Gasteiger partial charge in [0.15, 0.2) is 0 Å². The molecular weight excluding hydrogens is 334 g/mol. The molecule has 0 spiro atoms. The second-order valence-corrected chi connectivity index (χ2v) is 8.83. The fourth-order valence-electron chi connectivity index (χ4n) is 2.03. The quantitative estimate of drug-likeness (QED) is 0.696. The van der Waals surface area contributed by atoms with Crippen LogP contribution < -0.4 is 11.1 Å². The van der Waals surface area contributed by atoms with E-state index in [1.54, 1.807) is 19.9 Å². The van der Waals surface area contributed by atoms with Gasteiger partial charge in [-0.15, -0.1) is 11.3 Å². The third-order valence-electron chi connectivity index (χ3n) is 3.81. The molecule has 8 heteroatoms. The van der Waals surface area contributed by atoms with Gasteiger partial charge >= 0.3 is 0 Å². The molecule has 0 aliphatic rings. The van der Waals surface area contributed by atoms with Crippen LogP contribution in [-0.4, -0.2) is 44.3 Å². The van der Waals surface area contributed by atoms with Crippen molar-refractivity contribution in [2.24, 2.45) is 11.7 Å². The number of sulfonamides is 1. The number of carbonyl (C=O) groups is 1. The lowest BCUT2D eigenvalue weighted by atomic mass is 10.0. The van der Waals surface area contributed by atoms with Crippen molar-refractivity contribution in [3.05, 3.63) is 17.0 Å². The molecule has 0 aromatic carbocycles. The predicted molar refractivity (Wildman–Crippen MR) is 94.0 cm³/mol. The van der Waals surface area contributed by atoms with Gasteiger partial charge in [0.05, 0.1) is 0 Å². The molecule has 1 aromatic heterocycles. The Labute approximate surface area is 143 Å². The third-order valence-corrected chi connectivity index (χ3v) is 7.47. The van der Waals surface area contributed by atoms with E-state index in [2.05, 4.69) is 5.32 Å². The van der Waals surface area contributed by atoms with Crippen LogP contribution in [0.3, 0.4) is 0 Å². The zero-order valence-electron chi connectivity index (χ0n) is 14.2. The highest BCUT2D eigenvalue weighted by atomic mass is 32.2. The van der Waals surface area contributed by atoms with Crippen LogP contribution in [0.25, 0.3) is 0 Å². The molecule has 2 unspecified atom stereocenters. The number of nitrogens with zero attached hydrogens (tertiary/aromatic N) is 1. The number of thiophene rings is 1. The number of hydrogen-bond donors (Lipinski definition) is 2.